The van der Waals surface area contributed by atoms with E-state index in [1.54, 1.807) is 6.92 Å². The van der Waals surface area contributed by atoms with Gasteiger partial charge in [0.05, 0.1) is 0 Å². The van der Waals surface area contributed by atoms with Crippen LogP contribution in [0.25, 0.3) is 6.08 Å². The number of ketones is 1. The molecule has 0 fully saturated rings. The molecule has 0 aliphatic rings. The second-order valence-corrected chi connectivity index (χ2v) is 5.31. The minimum Gasteiger partial charge on any atom is -0.299 e. The van der Waals surface area contributed by atoms with Crippen LogP contribution in [0.5, 0.6) is 0 Å². The van der Waals surface area contributed by atoms with Crippen molar-refractivity contribution in [1.82, 2.24) is 0 Å². The Morgan fingerprint density at radius 1 is 1.04 bits per heavy atom. The van der Waals surface area contributed by atoms with E-state index in [1.807, 2.05) is 43.3 Å². The SMILES string of the molecule is C=C.C=Cc1cc(C)ccc1C.CC(=O)C(C)c1ccccc1. The summed E-state index contributed by atoms with van der Waals surface area (Å²) in [6.45, 7) is 17.5. The van der Waals surface area contributed by atoms with Gasteiger partial charge in [-0.3, -0.25) is 4.79 Å². The molecule has 122 valence electrons. The number of benzene rings is 2. The normalized spacial score (nSPS) is 10.3. The lowest BCUT2D eigenvalue weighted by molar-refractivity contribution is -0.118. The van der Waals surface area contributed by atoms with Crippen molar-refractivity contribution in [3.05, 3.63) is 90.5 Å². The van der Waals surface area contributed by atoms with Gasteiger partial charge in [-0.1, -0.05) is 73.7 Å². The highest BCUT2D eigenvalue weighted by Crippen LogP contribution is 2.14. The van der Waals surface area contributed by atoms with Gasteiger partial charge in [0.1, 0.15) is 5.78 Å². The number of carbonyl (C=O) groups excluding carboxylic acids is 1. The maximum atomic E-state index is 10.9. The maximum absolute atomic E-state index is 10.9. The molecule has 0 spiro atoms. The predicted octanol–water partition coefficient (Wildman–Crippen LogP) is 6.13. The lowest BCUT2D eigenvalue weighted by Gasteiger charge is -2.05. The van der Waals surface area contributed by atoms with Gasteiger partial charge < -0.3 is 0 Å². The fourth-order valence-electron chi connectivity index (χ4n) is 1.96. The van der Waals surface area contributed by atoms with Crippen molar-refractivity contribution in [2.45, 2.75) is 33.6 Å². The van der Waals surface area contributed by atoms with Crippen LogP contribution in [0.4, 0.5) is 0 Å². The molecule has 2 aromatic rings. The monoisotopic (exact) mass is 308 g/mol. The zero-order chi connectivity index (χ0) is 17.8. The van der Waals surface area contributed by atoms with Crippen LogP contribution in [0, 0.1) is 13.8 Å². The summed E-state index contributed by atoms with van der Waals surface area (Å²) in [5, 5.41) is 0. The van der Waals surface area contributed by atoms with Crippen LogP contribution in [0.2, 0.25) is 0 Å². The van der Waals surface area contributed by atoms with Gasteiger partial charge in [0, 0.05) is 5.92 Å². The number of Topliss-reactive ketones (excluding diaryl/α,β-unsaturated/α-hetero) is 1. The lowest BCUT2D eigenvalue weighted by Crippen LogP contribution is -2.03. The van der Waals surface area contributed by atoms with E-state index in [-0.39, 0.29) is 11.7 Å². The highest BCUT2D eigenvalue weighted by atomic mass is 16.1. The first-order valence-electron chi connectivity index (χ1n) is 7.70. The molecule has 23 heavy (non-hydrogen) atoms. The Balaban J connectivity index is 0.000000381. The van der Waals surface area contributed by atoms with E-state index in [4.69, 9.17) is 0 Å². The average Bonchev–Trinajstić information content (AvgIpc) is 2.59. The standard InChI is InChI=1S/C10H12O.C10H12.C2H4/c1-8(9(2)11)10-6-4-3-5-7-10;1-4-10-7-8(2)5-6-9(10)3;1-2/h3-8H,1-2H3;4-7H,1H2,2-3H3;1-2H2. The summed E-state index contributed by atoms with van der Waals surface area (Å²) in [7, 11) is 0. The molecule has 0 amide bonds. The van der Waals surface area contributed by atoms with Gasteiger partial charge >= 0.3 is 0 Å². The average molecular weight is 308 g/mol. The molecule has 2 aromatic carbocycles. The summed E-state index contributed by atoms with van der Waals surface area (Å²) in [6.07, 6.45) is 1.89. The van der Waals surface area contributed by atoms with Crippen LogP contribution in [0.1, 0.15) is 42.0 Å². The quantitative estimate of drug-likeness (QED) is 0.623. The third kappa shape index (κ3) is 7.42. The topological polar surface area (TPSA) is 17.1 Å². The predicted molar refractivity (Wildman–Crippen MR) is 103 cm³/mol. The van der Waals surface area contributed by atoms with Crippen LogP contribution >= 0.6 is 0 Å². The number of hydrogen-bond acceptors (Lipinski definition) is 1. The summed E-state index contributed by atoms with van der Waals surface area (Å²) in [5.74, 6) is 0.257. The Labute approximate surface area is 141 Å². The summed E-state index contributed by atoms with van der Waals surface area (Å²) in [4.78, 5) is 10.9. The summed E-state index contributed by atoms with van der Waals surface area (Å²) in [6, 6.07) is 16.2. The van der Waals surface area contributed by atoms with E-state index in [0.29, 0.717) is 0 Å². The molecular weight excluding hydrogens is 280 g/mol. The fraction of sp³-hybridized carbons (Fsp3) is 0.227. The molecule has 0 saturated heterocycles. The third-order valence-corrected chi connectivity index (χ3v) is 3.56. The molecule has 1 unspecified atom stereocenters. The minimum absolute atomic E-state index is 0.0381. The molecular formula is C22H28O. The van der Waals surface area contributed by atoms with Gasteiger partial charge in [0.25, 0.3) is 0 Å². The Morgan fingerprint density at radius 2 is 1.61 bits per heavy atom. The van der Waals surface area contributed by atoms with Crippen molar-refractivity contribution in [3.63, 3.8) is 0 Å². The molecule has 0 aliphatic heterocycles. The zero-order valence-corrected chi connectivity index (χ0v) is 14.8. The molecule has 1 nitrogen and oxygen atoms in total. The molecule has 0 N–H and O–H groups in total. The molecule has 0 bridgehead atoms. The first kappa shape index (κ1) is 20.6. The number of carbonyl (C=O) groups is 1. The molecule has 0 aromatic heterocycles. The molecule has 0 aliphatic carbocycles. The number of rotatable bonds is 3. The third-order valence-electron chi connectivity index (χ3n) is 3.56. The first-order valence-corrected chi connectivity index (χ1v) is 7.70. The molecule has 0 heterocycles. The highest BCUT2D eigenvalue weighted by molar-refractivity contribution is 5.82. The number of aryl methyl sites for hydroxylation is 2. The highest BCUT2D eigenvalue weighted by Gasteiger charge is 2.08. The summed E-state index contributed by atoms with van der Waals surface area (Å²) < 4.78 is 0. The van der Waals surface area contributed by atoms with Crippen LogP contribution in [-0.4, -0.2) is 5.78 Å². The molecule has 1 atom stereocenters. The van der Waals surface area contributed by atoms with Crippen molar-refractivity contribution < 1.29 is 4.79 Å². The Hall–Kier alpha value is -2.41. The van der Waals surface area contributed by atoms with E-state index >= 15 is 0 Å². The van der Waals surface area contributed by atoms with Gasteiger partial charge in [-0.2, -0.15) is 0 Å². The second-order valence-electron chi connectivity index (χ2n) is 5.31. The van der Waals surface area contributed by atoms with E-state index in [0.717, 1.165) is 5.56 Å². The van der Waals surface area contributed by atoms with Gasteiger partial charge in [0.2, 0.25) is 0 Å². The van der Waals surface area contributed by atoms with Crippen molar-refractivity contribution in [2.24, 2.45) is 0 Å². The van der Waals surface area contributed by atoms with Gasteiger partial charge in [-0.05, 0) is 37.5 Å². The van der Waals surface area contributed by atoms with Crippen LogP contribution in [0.15, 0.2) is 68.3 Å². The fourth-order valence-corrected chi connectivity index (χ4v) is 1.96. The van der Waals surface area contributed by atoms with E-state index in [1.165, 1.54) is 16.7 Å². The molecule has 0 radical (unpaired) electrons. The summed E-state index contributed by atoms with van der Waals surface area (Å²) in [5.41, 5.74) is 4.92. The van der Waals surface area contributed by atoms with E-state index < -0.39 is 0 Å². The van der Waals surface area contributed by atoms with Gasteiger partial charge in [-0.15, -0.1) is 13.2 Å². The Morgan fingerprint density at radius 3 is 2.04 bits per heavy atom. The zero-order valence-electron chi connectivity index (χ0n) is 14.8. The lowest BCUT2D eigenvalue weighted by atomic mass is 9.98. The van der Waals surface area contributed by atoms with Gasteiger partial charge in [-0.25, -0.2) is 0 Å². The Bertz CT molecular complexity index is 611. The summed E-state index contributed by atoms with van der Waals surface area (Å²) >= 11 is 0. The van der Waals surface area contributed by atoms with Crippen LogP contribution < -0.4 is 0 Å². The largest absolute Gasteiger partial charge is 0.299 e. The van der Waals surface area contributed by atoms with Crippen molar-refractivity contribution in [3.8, 4) is 0 Å². The van der Waals surface area contributed by atoms with Gasteiger partial charge in [0.15, 0.2) is 0 Å². The molecule has 2 rings (SSSR count). The van der Waals surface area contributed by atoms with Crippen LogP contribution in [-0.2, 0) is 4.79 Å². The molecule has 0 saturated carbocycles. The smallest absolute Gasteiger partial charge is 0.136 e. The minimum atomic E-state index is 0.0381. The number of hydrogen-bond donors (Lipinski definition) is 0. The van der Waals surface area contributed by atoms with Crippen LogP contribution in [0.3, 0.4) is 0 Å². The van der Waals surface area contributed by atoms with E-state index in [9.17, 15) is 4.79 Å². The molecule has 1 heteroatoms. The van der Waals surface area contributed by atoms with E-state index in [2.05, 4.69) is 51.8 Å². The van der Waals surface area contributed by atoms with Crippen molar-refractivity contribution in [1.29, 1.82) is 0 Å². The first-order chi connectivity index (χ1) is 11.0. The van der Waals surface area contributed by atoms with Crippen molar-refractivity contribution in [2.75, 3.05) is 0 Å². The van der Waals surface area contributed by atoms with Crippen molar-refractivity contribution >= 4 is 11.9 Å². The second kappa shape index (κ2) is 11.2. The Kier molecular flexibility index (Phi) is 10.0. The maximum Gasteiger partial charge on any atom is 0.136 e.